The van der Waals surface area contributed by atoms with Crippen LogP contribution in [0.2, 0.25) is 0 Å². The third-order valence-electron chi connectivity index (χ3n) is 4.99. The molecule has 2 aliphatic rings. The van der Waals surface area contributed by atoms with Gasteiger partial charge in [0.05, 0.1) is 19.8 Å². The number of ether oxygens (including phenoxy) is 3. The van der Waals surface area contributed by atoms with Gasteiger partial charge in [-0.3, -0.25) is 4.90 Å². The molecule has 0 bridgehead atoms. The lowest BCUT2D eigenvalue weighted by Gasteiger charge is -2.26. The molecule has 0 unspecified atom stereocenters. The molecule has 0 amide bonds. The van der Waals surface area contributed by atoms with Crippen molar-refractivity contribution in [3.8, 4) is 5.75 Å². The van der Waals surface area contributed by atoms with Crippen molar-refractivity contribution in [1.29, 1.82) is 0 Å². The van der Waals surface area contributed by atoms with Crippen molar-refractivity contribution in [2.75, 3.05) is 40.5 Å². The summed E-state index contributed by atoms with van der Waals surface area (Å²) < 4.78 is 16.8. The van der Waals surface area contributed by atoms with Gasteiger partial charge in [-0.1, -0.05) is 6.07 Å². The van der Waals surface area contributed by atoms with Crippen molar-refractivity contribution in [2.45, 2.75) is 44.8 Å². The quantitative estimate of drug-likeness (QED) is 0.737. The van der Waals surface area contributed by atoms with E-state index in [2.05, 4.69) is 17.0 Å². The first-order valence-electron chi connectivity index (χ1n) is 8.81. The van der Waals surface area contributed by atoms with Crippen LogP contribution in [0.3, 0.4) is 0 Å². The summed E-state index contributed by atoms with van der Waals surface area (Å²) in [5.74, 6) is 1.03. The van der Waals surface area contributed by atoms with Crippen LogP contribution in [0.15, 0.2) is 12.1 Å². The molecule has 4 nitrogen and oxygen atoms in total. The number of methoxy groups -OCH3 is 2. The topological polar surface area (TPSA) is 30.9 Å². The number of rotatable bonds is 8. The maximum Gasteiger partial charge on any atom is 0.123 e. The van der Waals surface area contributed by atoms with E-state index in [9.17, 15) is 0 Å². The molecule has 1 aliphatic heterocycles. The number of benzene rings is 1. The van der Waals surface area contributed by atoms with Gasteiger partial charge in [-0.15, -0.1) is 0 Å². The summed E-state index contributed by atoms with van der Waals surface area (Å²) >= 11 is 0. The van der Waals surface area contributed by atoms with Crippen molar-refractivity contribution in [2.24, 2.45) is 0 Å². The lowest BCUT2D eigenvalue weighted by atomic mass is 10.0. The Balaban J connectivity index is 1.72. The Morgan fingerprint density at radius 1 is 1.17 bits per heavy atom. The second-order valence-electron chi connectivity index (χ2n) is 6.65. The fourth-order valence-corrected chi connectivity index (χ4v) is 3.74. The highest BCUT2D eigenvalue weighted by atomic mass is 16.5. The van der Waals surface area contributed by atoms with Crippen LogP contribution in [0.1, 0.15) is 36.0 Å². The maximum atomic E-state index is 5.82. The van der Waals surface area contributed by atoms with E-state index in [4.69, 9.17) is 14.2 Å². The molecule has 1 saturated heterocycles. The SMILES string of the molecule is COCCN(Cc1cc2c(cc1OC)CCC2)C[C@H]1CCCO1. The van der Waals surface area contributed by atoms with Gasteiger partial charge in [-0.25, -0.2) is 0 Å². The predicted octanol–water partition coefficient (Wildman–Crippen LogP) is 2.81. The molecule has 1 fully saturated rings. The summed E-state index contributed by atoms with van der Waals surface area (Å²) in [6, 6.07) is 4.61. The number of hydrogen-bond donors (Lipinski definition) is 0. The van der Waals surface area contributed by atoms with Gasteiger partial charge in [0.25, 0.3) is 0 Å². The van der Waals surface area contributed by atoms with Crippen LogP contribution < -0.4 is 4.74 Å². The molecular weight excluding hydrogens is 290 g/mol. The van der Waals surface area contributed by atoms with Crippen LogP contribution in [0.4, 0.5) is 0 Å². The summed E-state index contributed by atoms with van der Waals surface area (Å²) in [7, 11) is 3.54. The van der Waals surface area contributed by atoms with Crippen LogP contribution in [0.25, 0.3) is 0 Å². The number of nitrogens with zero attached hydrogens (tertiary/aromatic N) is 1. The normalized spacial score (nSPS) is 20.2. The van der Waals surface area contributed by atoms with Crippen molar-refractivity contribution in [1.82, 2.24) is 4.90 Å². The van der Waals surface area contributed by atoms with Crippen LogP contribution >= 0.6 is 0 Å². The molecule has 23 heavy (non-hydrogen) atoms. The minimum atomic E-state index is 0.368. The van der Waals surface area contributed by atoms with E-state index in [-0.39, 0.29) is 0 Å². The summed E-state index contributed by atoms with van der Waals surface area (Å²) in [6.45, 7) is 4.46. The number of hydrogen-bond acceptors (Lipinski definition) is 4. The largest absolute Gasteiger partial charge is 0.496 e. The molecule has 0 saturated carbocycles. The molecule has 1 aliphatic carbocycles. The minimum absolute atomic E-state index is 0.368. The van der Waals surface area contributed by atoms with E-state index in [1.54, 1.807) is 14.2 Å². The molecule has 1 heterocycles. The number of fused-ring (bicyclic) bond motifs is 1. The van der Waals surface area contributed by atoms with Crippen LogP contribution in [0, 0.1) is 0 Å². The summed E-state index contributed by atoms with van der Waals surface area (Å²) in [5, 5.41) is 0. The zero-order valence-electron chi connectivity index (χ0n) is 14.5. The minimum Gasteiger partial charge on any atom is -0.496 e. The second-order valence-corrected chi connectivity index (χ2v) is 6.65. The molecule has 0 N–H and O–H groups in total. The highest BCUT2D eigenvalue weighted by Gasteiger charge is 2.21. The first-order chi connectivity index (χ1) is 11.3. The van der Waals surface area contributed by atoms with Gasteiger partial charge >= 0.3 is 0 Å². The van der Waals surface area contributed by atoms with Gasteiger partial charge in [0.2, 0.25) is 0 Å². The Labute approximate surface area is 139 Å². The molecule has 1 aromatic carbocycles. The maximum absolute atomic E-state index is 5.82. The van der Waals surface area contributed by atoms with Gasteiger partial charge in [-0.2, -0.15) is 0 Å². The molecule has 0 spiro atoms. The predicted molar refractivity (Wildman–Crippen MR) is 91.1 cm³/mol. The van der Waals surface area contributed by atoms with E-state index in [0.29, 0.717) is 6.10 Å². The van der Waals surface area contributed by atoms with Gasteiger partial charge in [-0.05, 0) is 49.3 Å². The van der Waals surface area contributed by atoms with Crippen molar-refractivity contribution >= 4 is 0 Å². The van der Waals surface area contributed by atoms with E-state index in [1.165, 1.54) is 48.8 Å². The molecule has 0 radical (unpaired) electrons. The third-order valence-corrected chi connectivity index (χ3v) is 4.99. The highest BCUT2D eigenvalue weighted by Crippen LogP contribution is 2.31. The lowest BCUT2D eigenvalue weighted by Crippen LogP contribution is -2.34. The monoisotopic (exact) mass is 319 g/mol. The summed E-state index contributed by atoms with van der Waals surface area (Å²) in [5.41, 5.74) is 4.26. The van der Waals surface area contributed by atoms with E-state index in [1.807, 2.05) is 0 Å². The third kappa shape index (κ3) is 4.25. The van der Waals surface area contributed by atoms with Gasteiger partial charge in [0.1, 0.15) is 5.75 Å². The van der Waals surface area contributed by atoms with E-state index < -0.39 is 0 Å². The summed E-state index contributed by atoms with van der Waals surface area (Å²) in [6.07, 6.45) is 6.39. The molecule has 128 valence electrons. The molecule has 0 aromatic heterocycles. The van der Waals surface area contributed by atoms with Crippen molar-refractivity contribution in [3.63, 3.8) is 0 Å². The Bertz CT molecular complexity index is 512. The highest BCUT2D eigenvalue weighted by molar-refractivity contribution is 5.44. The molecule has 1 atom stereocenters. The summed E-state index contributed by atoms with van der Waals surface area (Å²) in [4.78, 5) is 2.44. The Morgan fingerprint density at radius 2 is 2.00 bits per heavy atom. The first kappa shape index (κ1) is 16.7. The van der Waals surface area contributed by atoms with Crippen LogP contribution in [0.5, 0.6) is 5.75 Å². The van der Waals surface area contributed by atoms with Gasteiger partial charge < -0.3 is 14.2 Å². The van der Waals surface area contributed by atoms with Crippen LogP contribution in [-0.2, 0) is 28.9 Å². The molecular formula is C19H29NO3. The molecule has 3 rings (SSSR count). The zero-order valence-corrected chi connectivity index (χ0v) is 14.5. The average molecular weight is 319 g/mol. The fourth-order valence-electron chi connectivity index (χ4n) is 3.74. The van der Waals surface area contributed by atoms with Crippen molar-refractivity contribution < 1.29 is 14.2 Å². The smallest absolute Gasteiger partial charge is 0.123 e. The average Bonchev–Trinajstić information content (AvgIpc) is 3.22. The van der Waals surface area contributed by atoms with Crippen molar-refractivity contribution in [3.05, 3.63) is 28.8 Å². The zero-order chi connectivity index (χ0) is 16.1. The van der Waals surface area contributed by atoms with E-state index >= 15 is 0 Å². The molecule has 1 aromatic rings. The standard InChI is InChI=1S/C19H29NO3/c1-21-10-8-20(14-18-7-4-9-23-18)13-17-11-15-5-3-6-16(15)12-19(17)22-2/h11-12,18H,3-10,13-14H2,1-2H3/t18-/m1/s1. The fraction of sp³-hybridized carbons (Fsp3) is 0.684. The first-order valence-corrected chi connectivity index (χ1v) is 8.81. The Hall–Kier alpha value is -1.10. The Kier molecular flexibility index (Phi) is 5.92. The van der Waals surface area contributed by atoms with Gasteiger partial charge in [0.15, 0.2) is 0 Å². The Morgan fingerprint density at radius 3 is 2.70 bits per heavy atom. The lowest BCUT2D eigenvalue weighted by molar-refractivity contribution is 0.0585. The van der Waals surface area contributed by atoms with Crippen LogP contribution in [-0.4, -0.2) is 51.5 Å². The number of aryl methyl sites for hydroxylation is 2. The van der Waals surface area contributed by atoms with E-state index in [0.717, 1.165) is 38.6 Å². The van der Waals surface area contributed by atoms with Gasteiger partial charge in [0, 0.05) is 38.9 Å². The second kappa shape index (κ2) is 8.13. The molecule has 4 heteroatoms.